The quantitative estimate of drug-likeness (QED) is 0.891. The second-order valence-corrected chi connectivity index (χ2v) is 4.91. The Kier molecular flexibility index (Phi) is 3.83. The summed E-state index contributed by atoms with van der Waals surface area (Å²) in [5.41, 5.74) is 0.321. The number of nitrogens with zero attached hydrogens (tertiary/aromatic N) is 1. The molecule has 102 valence electrons. The Bertz CT molecular complexity index is 486. The number of carbonyl (C=O) groups excluding carboxylic acids is 1. The number of carboxylic acid groups (broad SMARTS) is 1. The number of rotatable bonds is 2. The van der Waals surface area contributed by atoms with Crippen LogP contribution in [0.15, 0.2) is 24.3 Å². The van der Waals surface area contributed by atoms with Crippen molar-refractivity contribution < 1.29 is 19.1 Å². The number of carboxylic acids is 1. The summed E-state index contributed by atoms with van der Waals surface area (Å²) in [7, 11) is 0. The standard InChI is InChI=1S/C14H16FNO3/c1-9-3-2-8-16(12(9)14(18)19)13(17)10-4-6-11(15)7-5-10/h4-7,9,12H,2-3,8H2,1H3,(H,18,19). The first-order valence-electron chi connectivity index (χ1n) is 6.30. The van der Waals surface area contributed by atoms with E-state index in [4.69, 9.17) is 0 Å². The van der Waals surface area contributed by atoms with Crippen LogP contribution in [0.4, 0.5) is 4.39 Å². The van der Waals surface area contributed by atoms with Crippen LogP contribution in [-0.4, -0.2) is 34.5 Å². The fraction of sp³-hybridized carbons (Fsp3) is 0.429. The molecule has 2 unspecified atom stereocenters. The molecule has 4 nitrogen and oxygen atoms in total. The lowest BCUT2D eigenvalue weighted by Crippen LogP contribution is -2.51. The first kappa shape index (κ1) is 13.5. The Morgan fingerprint density at radius 3 is 2.53 bits per heavy atom. The topological polar surface area (TPSA) is 57.6 Å². The molecule has 0 radical (unpaired) electrons. The maximum absolute atomic E-state index is 12.8. The maximum Gasteiger partial charge on any atom is 0.326 e. The number of benzene rings is 1. The van der Waals surface area contributed by atoms with E-state index in [1.807, 2.05) is 6.92 Å². The van der Waals surface area contributed by atoms with Crippen LogP contribution in [-0.2, 0) is 4.79 Å². The van der Waals surface area contributed by atoms with Crippen molar-refractivity contribution in [3.05, 3.63) is 35.6 Å². The lowest BCUT2D eigenvalue weighted by molar-refractivity contribution is -0.145. The molecule has 1 amide bonds. The molecule has 1 aromatic rings. The largest absolute Gasteiger partial charge is 0.480 e. The van der Waals surface area contributed by atoms with Crippen molar-refractivity contribution >= 4 is 11.9 Å². The second-order valence-electron chi connectivity index (χ2n) is 4.91. The summed E-state index contributed by atoms with van der Waals surface area (Å²) in [6.45, 7) is 2.26. The van der Waals surface area contributed by atoms with Crippen LogP contribution in [0.5, 0.6) is 0 Å². The van der Waals surface area contributed by atoms with Crippen molar-refractivity contribution in [2.24, 2.45) is 5.92 Å². The SMILES string of the molecule is CC1CCCN(C(=O)c2ccc(F)cc2)C1C(=O)O. The Labute approximate surface area is 110 Å². The van der Waals surface area contributed by atoms with Gasteiger partial charge < -0.3 is 10.0 Å². The van der Waals surface area contributed by atoms with Gasteiger partial charge in [0.15, 0.2) is 0 Å². The van der Waals surface area contributed by atoms with Crippen LogP contribution >= 0.6 is 0 Å². The number of aliphatic carboxylic acids is 1. The highest BCUT2D eigenvalue weighted by Crippen LogP contribution is 2.25. The van der Waals surface area contributed by atoms with E-state index in [1.54, 1.807) is 0 Å². The smallest absolute Gasteiger partial charge is 0.326 e. The van der Waals surface area contributed by atoms with E-state index in [2.05, 4.69) is 0 Å². The zero-order valence-corrected chi connectivity index (χ0v) is 10.7. The van der Waals surface area contributed by atoms with Crippen LogP contribution < -0.4 is 0 Å². The van der Waals surface area contributed by atoms with Gasteiger partial charge in [-0.1, -0.05) is 6.92 Å². The van der Waals surface area contributed by atoms with Gasteiger partial charge in [-0.3, -0.25) is 4.79 Å². The van der Waals surface area contributed by atoms with Crippen molar-refractivity contribution in [3.8, 4) is 0 Å². The molecule has 2 rings (SSSR count). The first-order chi connectivity index (χ1) is 9.00. The Morgan fingerprint density at radius 2 is 1.95 bits per heavy atom. The van der Waals surface area contributed by atoms with E-state index < -0.39 is 17.8 Å². The van der Waals surface area contributed by atoms with Crippen molar-refractivity contribution in [1.29, 1.82) is 0 Å². The van der Waals surface area contributed by atoms with Gasteiger partial charge in [0.1, 0.15) is 11.9 Å². The highest BCUT2D eigenvalue weighted by molar-refractivity contribution is 5.96. The molecule has 1 aliphatic rings. The summed E-state index contributed by atoms with van der Waals surface area (Å²) in [5.74, 6) is -1.82. The average molecular weight is 265 g/mol. The van der Waals surface area contributed by atoms with Crippen molar-refractivity contribution in [3.63, 3.8) is 0 Å². The molecule has 1 aromatic carbocycles. The zero-order chi connectivity index (χ0) is 14.0. The summed E-state index contributed by atoms with van der Waals surface area (Å²) >= 11 is 0. The predicted molar refractivity (Wildman–Crippen MR) is 67.3 cm³/mol. The highest BCUT2D eigenvalue weighted by atomic mass is 19.1. The molecule has 0 aromatic heterocycles. The minimum atomic E-state index is -0.984. The number of halogens is 1. The summed E-state index contributed by atoms with van der Waals surface area (Å²) in [5, 5.41) is 9.27. The molecule has 1 aliphatic heterocycles. The number of carbonyl (C=O) groups is 2. The average Bonchev–Trinajstić information content (AvgIpc) is 2.38. The van der Waals surface area contributed by atoms with Crippen molar-refractivity contribution in [2.45, 2.75) is 25.8 Å². The van der Waals surface area contributed by atoms with E-state index in [9.17, 15) is 19.1 Å². The number of piperidine rings is 1. The molecular formula is C14H16FNO3. The van der Waals surface area contributed by atoms with Gasteiger partial charge in [0, 0.05) is 12.1 Å². The third kappa shape index (κ3) is 2.75. The van der Waals surface area contributed by atoms with Gasteiger partial charge in [-0.25, -0.2) is 9.18 Å². The summed E-state index contributed by atoms with van der Waals surface area (Å²) in [6.07, 6.45) is 1.59. The van der Waals surface area contributed by atoms with Gasteiger partial charge >= 0.3 is 5.97 Å². The molecule has 0 spiro atoms. The van der Waals surface area contributed by atoms with Crippen molar-refractivity contribution in [2.75, 3.05) is 6.54 Å². The monoisotopic (exact) mass is 265 g/mol. The predicted octanol–water partition coefficient (Wildman–Crippen LogP) is 2.15. The lowest BCUT2D eigenvalue weighted by Gasteiger charge is -2.37. The molecule has 0 saturated carbocycles. The zero-order valence-electron chi connectivity index (χ0n) is 10.7. The Morgan fingerprint density at radius 1 is 1.32 bits per heavy atom. The molecule has 5 heteroatoms. The minimum absolute atomic E-state index is 0.0735. The van der Waals surface area contributed by atoms with Crippen LogP contribution in [0.2, 0.25) is 0 Å². The van der Waals surface area contributed by atoms with Gasteiger partial charge in [0.2, 0.25) is 0 Å². The van der Waals surface area contributed by atoms with Crippen LogP contribution in [0, 0.1) is 11.7 Å². The van der Waals surface area contributed by atoms with E-state index in [-0.39, 0.29) is 11.8 Å². The number of amides is 1. The lowest BCUT2D eigenvalue weighted by atomic mass is 9.90. The highest BCUT2D eigenvalue weighted by Gasteiger charge is 2.37. The maximum atomic E-state index is 12.8. The molecule has 1 saturated heterocycles. The fourth-order valence-corrected chi connectivity index (χ4v) is 2.55. The molecule has 0 aliphatic carbocycles. The minimum Gasteiger partial charge on any atom is -0.480 e. The summed E-state index contributed by atoms with van der Waals surface area (Å²) < 4.78 is 12.8. The van der Waals surface area contributed by atoms with Gasteiger partial charge in [-0.05, 0) is 43.0 Å². The number of hydrogen-bond acceptors (Lipinski definition) is 2. The summed E-state index contributed by atoms with van der Waals surface area (Å²) in [4.78, 5) is 25.0. The van der Waals surface area contributed by atoms with Gasteiger partial charge in [0.05, 0.1) is 0 Å². The first-order valence-corrected chi connectivity index (χ1v) is 6.30. The Balaban J connectivity index is 2.25. The van der Waals surface area contributed by atoms with Crippen LogP contribution in [0.1, 0.15) is 30.1 Å². The van der Waals surface area contributed by atoms with E-state index in [0.29, 0.717) is 12.1 Å². The van der Waals surface area contributed by atoms with Crippen LogP contribution in [0.25, 0.3) is 0 Å². The molecule has 19 heavy (non-hydrogen) atoms. The molecule has 2 atom stereocenters. The van der Waals surface area contributed by atoms with E-state index >= 15 is 0 Å². The van der Waals surface area contributed by atoms with Gasteiger partial charge in [-0.15, -0.1) is 0 Å². The second kappa shape index (κ2) is 5.38. The van der Waals surface area contributed by atoms with Gasteiger partial charge in [-0.2, -0.15) is 0 Å². The normalized spacial score (nSPS) is 23.2. The third-order valence-electron chi connectivity index (χ3n) is 3.54. The molecule has 1 fully saturated rings. The molecular weight excluding hydrogens is 249 g/mol. The molecule has 1 N–H and O–H groups in total. The molecule has 0 bridgehead atoms. The number of likely N-dealkylation sites (tertiary alicyclic amines) is 1. The Hall–Kier alpha value is -1.91. The molecule has 1 heterocycles. The van der Waals surface area contributed by atoms with Crippen molar-refractivity contribution in [1.82, 2.24) is 4.90 Å². The number of hydrogen-bond donors (Lipinski definition) is 1. The van der Waals surface area contributed by atoms with E-state index in [1.165, 1.54) is 29.2 Å². The summed E-state index contributed by atoms with van der Waals surface area (Å²) in [6, 6.07) is 4.38. The van der Waals surface area contributed by atoms with Crippen LogP contribution in [0.3, 0.4) is 0 Å². The third-order valence-corrected chi connectivity index (χ3v) is 3.54. The fourth-order valence-electron chi connectivity index (χ4n) is 2.55. The van der Waals surface area contributed by atoms with E-state index in [0.717, 1.165) is 12.8 Å². The van der Waals surface area contributed by atoms with Gasteiger partial charge in [0.25, 0.3) is 5.91 Å².